The molecule has 0 fully saturated rings. The Morgan fingerprint density at radius 2 is 1.67 bits per heavy atom. The number of aromatic amines is 1. The first kappa shape index (κ1) is 29.7. The van der Waals surface area contributed by atoms with Crippen molar-refractivity contribution in [2.75, 3.05) is 47.1 Å². The van der Waals surface area contributed by atoms with E-state index in [2.05, 4.69) is 15.8 Å². The fourth-order valence-electron chi connectivity index (χ4n) is 4.36. The van der Waals surface area contributed by atoms with Crippen LogP contribution < -0.4 is 4.74 Å². The molecule has 3 aromatic rings. The van der Waals surface area contributed by atoms with E-state index in [1.165, 1.54) is 12.0 Å². The van der Waals surface area contributed by atoms with Gasteiger partial charge in [0.1, 0.15) is 5.75 Å². The maximum absolute atomic E-state index is 13.6. The number of para-hydroxylation sites is 1. The highest BCUT2D eigenvalue weighted by Crippen LogP contribution is 2.20. The van der Waals surface area contributed by atoms with Gasteiger partial charge in [-0.25, -0.2) is 0 Å². The van der Waals surface area contributed by atoms with Crippen LogP contribution in [-0.2, 0) is 36.8 Å². The number of hydrogen-bond donors (Lipinski definition) is 1. The average molecular weight is 538 g/mol. The van der Waals surface area contributed by atoms with Crippen molar-refractivity contribution in [3.05, 3.63) is 65.9 Å². The Morgan fingerprint density at radius 3 is 2.38 bits per heavy atom. The quantitative estimate of drug-likeness (QED) is 0.278. The lowest BCUT2D eigenvalue weighted by Gasteiger charge is -2.28. The zero-order chi connectivity index (χ0) is 28.0. The Bertz CT molecular complexity index is 1210. The van der Waals surface area contributed by atoms with Gasteiger partial charge >= 0.3 is 5.97 Å². The first-order chi connectivity index (χ1) is 18.9. The van der Waals surface area contributed by atoms with E-state index >= 15 is 0 Å². The molecule has 1 heterocycles. The fraction of sp³-hybridized carbons (Fsp3) is 0.433. The van der Waals surface area contributed by atoms with Gasteiger partial charge < -0.3 is 29.0 Å². The summed E-state index contributed by atoms with van der Waals surface area (Å²) in [4.78, 5) is 44.6. The van der Waals surface area contributed by atoms with Gasteiger partial charge in [0.15, 0.2) is 0 Å². The predicted molar refractivity (Wildman–Crippen MR) is 149 cm³/mol. The van der Waals surface area contributed by atoms with Gasteiger partial charge in [-0.3, -0.25) is 14.4 Å². The molecule has 0 aliphatic carbocycles. The van der Waals surface area contributed by atoms with Gasteiger partial charge in [-0.05, 0) is 49.1 Å². The number of methoxy groups -OCH3 is 2. The Kier molecular flexibility index (Phi) is 11.8. The van der Waals surface area contributed by atoms with E-state index in [0.29, 0.717) is 45.7 Å². The molecule has 0 aliphatic rings. The van der Waals surface area contributed by atoms with Gasteiger partial charge in [-0.2, -0.15) is 0 Å². The summed E-state index contributed by atoms with van der Waals surface area (Å²) in [5, 5.41) is 1.13. The molecule has 0 atom stereocenters. The Labute approximate surface area is 230 Å². The molecule has 2 amide bonds. The molecule has 0 spiro atoms. The second-order valence-corrected chi connectivity index (χ2v) is 9.24. The highest BCUT2D eigenvalue weighted by Gasteiger charge is 2.22. The second-order valence-electron chi connectivity index (χ2n) is 9.24. The van der Waals surface area contributed by atoms with E-state index in [1.54, 1.807) is 12.0 Å². The lowest BCUT2D eigenvalue weighted by molar-refractivity contribution is -0.143. The molecule has 1 N–H and O–H groups in total. The van der Waals surface area contributed by atoms with Crippen LogP contribution in [0.25, 0.3) is 10.9 Å². The maximum atomic E-state index is 13.6. The summed E-state index contributed by atoms with van der Waals surface area (Å²) < 4.78 is 15.4. The van der Waals surface area contributed by atoms with E-state index in [9.17, 15) is 14.4 Å². The van der Waals surface area contributed by atoms with Crippen LogP contribution in [0.3, 0.4) is 0 Å². The molecule has 0 saturated carbocycles. The molecular formula is C30H39N3O6. The molecule has 9 nitrogen and oxygen atoms in total. The van der Waals surface area contributed by atoms with Crippen LogP contribution in [0.2, 0.25) is 0 Å². The molecule has 3 rings (SSSR count). The van der Waals surface area contributed by atoms with Crippen molar-refractivity contribution < 1.29 is 28.6 Å². The number of aromatic nitrogens is 1. The van der Waals surface area contributed by atoms with E-state index in [0.717, 1.165) is 27.8 Å². The minimum absolute atomic E-state index is 0.0642. The molecule has 0 radical (unpaired) electrons. The third-order valence-corrected chi connectivity index (χ3v) is 6.53. The first-order valence-corrected chi connectivity index (χ1v) is 13.3. The van der Waals surface area contributed by atoms with Gasteiger partial charge in [0.25, 0.3) is 0 Å². The van der Waals surface area contributed by atoms with E-state index in [4.69, 9.17) is 9.47 Å². The minimum atomic E-state index is -0.360. The molecule has 0 unspecified atom stereocenters. The Hall–Kier alpha value is -3.85. The van der Waals surface area contributed by atoms with Gasteiger partial charge in [0.05, 0.1) is 26.9 Å². The van der Waals surface area contributed by atoms with Crippen molar-refractivity contribution in [2.45, 2.75) is 39.2 Å². The highest BCUT2D eigenvalue weighted by molar-refractivity contribution is 5.85. The molecule has 0 aliphatic heterocycles. The lowest BCUT2D eigenvalue weighted by Crippen LogP contribution is -2.44. The average Bonchev–Trinajstić information content (AvgIpc) is 3.37. The lowest BCUT2D eigenvalue weighted by atomic mass is 10.1. The number of nitrogens with one attached hydrogen (secondary N) is 1. The van der Waals surface area contributed by atoms with Crippen molar-refractivity contribution in [2.24, 2.45) is 0 Å². The molecule has 0 saturated heterocycles. The van der Waals surface area contributed by atoms with Gasteiger partial charge in [-0.15, -0.1) is 0 Å². The fourth-order valence-corrected chi connectivity index (χ4v) is 4.36. The second kappa shape index (κ2) is 15.5. The summed E-state index contributed by atoms with van der Waals surface area (Å²) in [5.74, 6) is 0.0745. The number of H-pyrrole nitrogens is 1. The summed E-state index contributed by atoms with van der Waals surface area (Å²) in [7, 11) is 2.88. The van der Waals surface area contributed by atoms with Crippen LogP contribution in [0, 0.1) is 0 Å². The highest BCUT2D eigenvalue weighted by atomic mass is 16.5. The van der Waals surface area contributed by atoms with Crippen LogP contribution in [-0.4, -0.2) is 79.6 Å². The van der Waals surface area contributed by atoms with Crippen LogP contribution in [0.1, 0.15) is 37.3 Å². The SMILES string of the molecule is CCOc1ccc(CN(CCc2c[nH]c3ccccc23)C(=O)CN(CCOC)C(=O)CCCC(=O)OC)cc1. The van der Waals surface area contributed by atoms with Gasteiger partial charge in [0.2, 0.25) is 11.8 Å². The van der Waals surface area contributed by atoms with E-state index in [-0.39, 0.29) is 37.2 Å². The van der Waals surface area contributed by atoms with Crippen molar-refractivity contribution in [1.29, 1.82) is 0 Å². The summed E-state index contributed by atoms with van der Waals surface area (Å²) in [6.45, 7) is 3.95. The summed E-state index contributed by atoms with van der Waals surface area (Å²) in [6.07, 6.45) is 3.32. The number of esters is 1. The number of fused-ring (bicyclic) bond motifs is 1. The topological polar surface area (TPSA) is 101 Å². The summed E-state index contributed by atoms with van der Waals surface area (Å²) in [6, 6.07) is 15.8. The number of nitrogens with zero attached hydrogens (tertiary/aromatic N) is 2. The van der Waals surface area contributed by atoms with Crippen LogP contribution in [0.15, 0.2) is 54.7 Å². The number of amides is 2. The van der Waals surface area contributed by atoms with E-state index < -0.39 is 0 Å². The third kappa shape index (κ3) is 9.14. The number of benzene rings is 2. The third-order valence-electron chi connectivity index (χ3n) is 6.53. The minimum Gasteiger partial charge on any atom is -0.494 e. The Morgan fingerprint density at radius 1 is 0.897 bits per heavy atom. The number of ether oxygens (including phenoxy) is 3. The predicted octanol–water partition coefficient (Wildman–Crippen LogP) is 3.96. The number of carbonyl (C=O) groups is 3. The zero-order valence-electron chi connectivity index (χ0n) is 23.1. The van der Waals surface area contributed by atoms with Gasteiger partial charge in [0, 0.05) is 56.7 Å². The van der Waals surface area contributed by atoms with E-state index in [1.807, 2.05) is 55.6 Å². The molecule has 210 valence electrons. The van der Waals surface area contributed by atoms with Crippen LogP contribution in [0.4, 0.5) is 0 Å². The monoisotopic (exact) mass is 537 g/mol. The van der Waals surface area contributed by atoms with Crippen molar-refractivity contribution in [3.63, 3.8) is 0 Å². The van der Waals surface area contributed by atoms with Crippen LogP contribution >= 0.6 is 0 Å². The summed E-state index contributed by atoms with van der Waals surface area (Å²) in [5.41, 5.74) is 3.16. The maximum Gasteiger partial charge on any atom is 0.305 e. The molecule has 1 aromatic heterocycles. The molecular weight excluding hydrogens is 498 g/mol. The number of rotatable bonds is 16. The molecule has 0 bridgehead atoms. The number of carbonyl (C=O) groups excluding carboxylic acids is 3. The first-order valence-electron chi connectivity index (χ1n) is 13.3. The zero-order valence-corrected chi connectivity index (χ0v) is 23.1. The van der Waals surface area contributed by atoms with Crippen molar-refractivity contribution in [3.8, 4) is 5.75 Å². The summed E-state index contributed by atoms with van der Waals surface area (Å²) >= 11 is 0. The smallest absolute Gasteiger partial charge is 0.305 e. The molecule has 39 heavy (non-hydrogen) atoms. The normalized spacial score (nSPS) is 10.8. The number of hydrogen-bond acceptors (Lipinski definition) is 6. The van der Waals surface area contributed by atoms with Crippen LogP contribution in [0.5, 0.6) is 5.75 Å². The Balaban J connectivity index is 1.73. The van der Waals surface area contributed by atoms with Gasteiger partial charge in [-0.1, -0.05) is 30.3 Å². The molecule has 2 aromatic carbocycles. The standard InChI is InChI=1S/C30H39N3O6/c1-4-39-25-14-12-23(13-15-25)21-32(17-16-24-20-31-27-9-6-5-8-26(24)27)29(35)22-33(18-19-37-2)28(34)10-7-11-30(36)38-3/h5-6,8-9,12-15,20,31H,4,7,10-11,16-19,21-22H2,1-3H3. The van der Waals surface area contributed by atoms with Crippen molar-refractivity contribution in [1.82, 2.24) is 14.8 Å². The largest absolute Gasteiger partial charge is 0.494 e. The molecule has 9 heteroatoms. The van der Waals surface area contributed by atoms with Crippen molar-refractivity contribution >= 4 is 28.7 Å².